The zero-order valence-electron chi connectivity index (χ0n) is 17.4. The van der Waals surface area contributed by atoms with E-state index in [9.17, 15) is 4.79 Å². The molecule has 2 unspecified atom stereocenters. The maximum absolute atomic E-state index is 12.8. The Morgan fingerprint density at radius 1 is 1.17 bits per heavy atom. The van der Waals surface area contributed by atoms with Crippen LogP contribution in [0.2, 0.25) is 0 Å². The van der Waals surface area contributed by atoms with Gasteiger partial charge in [-0.2, -0.15) is 5.10 Å². The van der Waals surface area contributed by atoms with E-state index in [1.807, 2.05) is 19.3 Å². The maximum atomic E-state index is 12.8. The largest absolute Gasteiger partial charge is 0.353 e. The van der Waals surface area contributed by atoms with Crippen LogP contribution in [0.1, 0.15) is 43.0 Å². The Balaban J connectivity index is 0.00000210. The molecule has 1 saturated heterocycles. The van der Waals surface area contributed by atoms with Gasteiger partial charge in [0.2, 0.25) is 5.91 Å². The topological polar surface area (TPSA) is 62.2 Å². The highest BCUT2D eigenvalue weighted by Crippen LogP contribution is 2.26. The van der Waals surface area contributed by atoms with Crippen LogP contribution in [0.3, 0.4) is 0 Å². The molecule has 0 bridgehead atoms. The number of aryl methyl sites for hydroxylation is 1. The summed E-state index contributed by atoms with van der Waals surface area (Å²) in [5, 5.41) is 10.4. The number of likely N-dealkylation sites (N-methyl/N-ethyl adjacent to an activating group) is 1. The lowest BCUT2D eigenvalue weighted by Crippen LogP contribution is -2.44. The Kier molecular flexibility index (Phi) is 10.7. The number of benzene rings is 1. The van der Waals surface area contributed by atoms with Crippen molar-refractivity contribution >= 4 is 30.7 Å². The Labute approximate surface area is 186 Å². The number of hydrogen-bond donors (Lipinski definition) is 2. The molecular weight excluding hydrogens is 409 g/mol. The lowest BCUT2D eigenvalue weighted by Gasteiger charge is -2.37. The number of piperidine rings is 1. The number of nitrogens with zero attached hydrogens (tertiary/aromatic N) is 3. The van der Waals surface area contributed by atoms with Crippen LogP contribution in [0.25, 0.3) is 0 Å². The van der Waals surface area contributed by atoms with Gasteiger partial charge in [-0.25, -0.2) is 0 Å². The summed E-state index contributed by atoms with van der Waals surface area (Å²) < 4.78 is 1.72. The number of carbonyl (C=O) groups is 1. The fourth-order valence-corrected chi connectivity index (χ4v) is 3.81. The summed E-state index contributed by atoms with van der Waals surface area (Å²) in [4.78, 5) is 15.3. The Morgan fingerprint density at radius 3 is 2.38 bits per heavy atom. The van der Waals surface area contributed by atoms with Gasteiger partial charge in [0, 0.05) is 25.4 Å². The van der Waals surface area contributed by atoms with Gasteiger partial charge in [0.1, 0.15) is 6.04 Å². The van der Waals surface area contributed by atoms with E-state index in [2.05, 4.69) is 51.8 Å². The molecule has 0 saturated carbocycles. The molecule has 1 aliphatic heterocycles. The number of hydrogen-bond acceptors (Lipinski definition) is 4. The highest BCUT2D eigenvalue weighted by Gasteiger charge is 2.26. The predicted molar refractivity (Wildman–Crippen MR) is 122 cm³/mol. The third kappa shape index (κ3) is 6.71. The third-order valence-electron chi connectivity index (χ3n) is 5.52. The lowest BCUT2D eigenvalue weighted by atomic mass is 9.95. The first kappa shape index (κ1) is 25.4. The van der Waals surface area contributed by atoms with Gasteiger partial charge in [0.25, 0.3) is 0 Å². The molecular formula is C21H33Cl2N5O. The average Bonchev–Trinajstić information content (AvgIpc) is 3.11. The van der Waals surface area contributed by atoms with Crippen LogP contribution < -0.4 is 10.6 Å². The van der Waals surface area contributed by atoms with E-state index in [0.29, 0.717) is 6.54 Å². The molecule has 6 nitrogen and oxygen atoms in total. The van der Waals surface area contributed by atoms with Crippen LogP contribution in [-0.2, 0) is 11.8 Å². The molecule has 2 N–H and O–H groups in total. The molecule has 1 aliphatic rings. The van der Waals surface area contributed by atoms with E-state index in [1.165, 1.54) is 18.4 Å². The van der Waals surface area contributed by atoms with Gasteiger partial charge in [0.05, 0.1) is 12.2 Å². The van der Waals surface area contributed by atoms with Crippen LogP contribution in [0, 0.1) is 5.92 Å². The van der Waals surface area contributed by atoms with Crippen molar-refractivity contribution in [3.63, 3.8) is 0 Å². The second-order valence-electron chi connectivity index (χ2n) is 7.56. The number of nitrogens with one attached hydrogen (secondary N) is 2. The van der Waals surface area contributed by atoms with Crippen molar-refractivity contribution in [2.75, 3.05) is 26.7 Å². The molecule has 2 heterocycles. The van der Waals surface area contributed by atoms with Crippen LogP contribution in [0.15, 0.2) is 42.7 Å². The molecule has 0 spiro atoms. The minimum absolute atomic E-state index is 0. The van der Waals surface area contributed by atoms with Crippen molar-refractivity contribution < 1.29 is 4.79 Å². The van der Waals surface area contributed by atoms with Gasteiger partial charge in [-0.05, 0) is 44.5 Å². The number of amides is 1. The Hall–Kier alpha value is -1.60. The van der Waals surface area contributed by atoms with Crippen LogP contribution >= 0.6 is 24.8 Å². The van der Waals surface area contributed by atoms with Crippen LogP contribution in [0.4, 0.5) is 0 Å². The SMILES string of the molecule is CNC(C(=O)NCC(c1ccccc1)N1CCC(C)CC1)c1cnn(C)c1.Cl.Cl. The Morgan fingerprint density at radius 2 is 1.83 bits per heavy atom. The second-order valence-corrected chi connectivity index (χ2v) is 7.56. The van der Waals surface area contributed by atoms with E-state index in [-0.39, 0.29) is 36.8 Å². The average molecular weight is 442 g/mol. The summed E-state index contributed by atoms with van der Waals surface area (Å²) in [6.45, 7) is 5.08. The highest BCUT2D eigenvalue weighted by atomic mass is 35.5. The molecule has 2 atom stereocenters. The van der Waals surface area contributed by atoms with Crippen molar-refractivity contribution in [3.8, 4) is 0 Å². The standard InChI is InChI=1S/C21H31N5O.2ClH/c1-16-9-11-26(12-10-16)19(17-7-5-4-6-8-17)14-23-21(27)20(22-2)18-13-24-25(3)15-18;;/h4-8,13,15-16,19-20,22H,9-12,14H2,1-3H3,(H,23,27);2*1H. The van der Waals surface area contributed by atoms with Gasteiger partial charge in [-0.15, -0.1) is 24.8 Å². The first-order valence-electron chi connectivity index (χ1n) is 9.81. The predicted octanol–water partition coefficient (Wildman–Crippen LogP) is 3.11. The monoisotopic (exact) mass is 441 g/mol. The molecule has 1 amide bonds. The number of likely N-dealkylation sites (tertiary alicyclic amines) is 1. The van der Waals surface area contributed by atoms with E-state index >= 15 is 0 Å². The van der Waals surface area contributed by atoms with Crippen molar-refractivity contribution in [2.45, 2.75) is 31.8 Å². The molecule has 0 radical (unpaired) electrons. The molecule has 1 aromatic heterocycles. The molecule has 1 fully saturated rings. The zero-order chi connectivity index (χ0) is 19.2. The quantitative estimate of drug-likeness (QED) is 0.692. The summed E-state index contributed by atoms with van der Waals surface area (Å²) in [6, 6.07) is 10.3. The van der Waals surface area contributed by atoms with E-state index in [0.717, 1.165) is 24.6 Å². The van der Waals surface area contributed by atoms with E-state index in [4.69, 9.17) is 0 Å². The van der Waals surface area contributed by atoms with Gasteiger partial charge >= 0.3 is 0 Å². The van der Waals surface area contributed by atoms with Crippen molar-refractivity contribution in [3.05, 3.63) is 53.9 Å². The van der Waals surface area contributed by atoms with Gasteiger partial charge < -0.3 is 10.6 Å². The fraction of sp³-hybridized carbons (Fsp3) is 0.524. The van der Waals surface area contributed by atoms with Crippen molar-refractivity contribution in [1.29, 1.82) is 0 Å². The molecule has 3 rings (SSSR count). The minimum Gasteiger partial charge on any atom is -0.353 e. The molecule has 8 heteroatoms. The number of rotatable bonds is 7. The molecule has 29 heavy (non-hydrogen) atoms. The molecule has 162 valence electrons. The third-order valence-corrected chi connectivity index (χ3v) is 5.52. The van der Waals surface area contributed by atoms with Gasteiger partial charge in [0.15, 0.2) is 0 Å². The van der Waals surface area contributed by atoms with E-state index in [1.54, 1.807) is 17.9 Å². The van der Waals surface area contributed by atoms with E-state index < -0.39 is 6.04 Å². The number of carbonyl (C=O) groups excluding carboxylic acids is 1. The maximum Gasteiger partial charge on any atom is 0.241 e. The van der Waals surface area contributed by atoms with Crippen molar-refractivity contribution in [1.82, 2.24) is 25.3 Å². The normalized spacial score (nSPS) is 16.9. The first-order chi connectivity index (χ1) is 13.1. The summed E-state index contributed by atoms with van der Waals surface area (Å²) in [6.07, 6.45) is 6.04. The summed E-state index contributed by atoms with van der Waals surface area (Å²) in [5.74, 6) is 0.767. The summed E-state index contributed by atoms with van der Waals surface area (Å²) >= 11 is 0. The zero-order valence-corrected chi connectivity index (χ0v) is 19.0. The highest BCUT2D eigenvalue weighted by molar-refractivity contribution is 5.85. The molecule has 1 aromatic carbocycles. The number of aromatic nitrogens is 2. The fourth-order valence-electron chi connectivity index (χ4n) is 3.81. The smallest absolute Gasteiger partial charge is 0.241 e. The van der Waals surface area contributed by atoms with Gasteiger partial charge in [-0.1, -0.05) is 37.3 Å². The summed E-state index contributed by atoms with van der Waals surface area (Å²) in [7, 11) is 3.66. The van der Waals surface area contributed by atoms with Crippen molar-refractivity contribution in [2.24, 2.45) is 13.0 Å². The summed E-state index contributed by atoms with van der Waals surface area (Å²) in [5.41, 5.74) is 2.13. The van der Waals surface area contributed by atoms with Crippen LogP contribution in [-0.4, -0.2) is 47.3 Å². The minimum atomic E-state index is -0.392. The number of halogens is 2. The lowest BCUT2D eigenvalue weighted by molar-refractivity contribution is -0.123. The molecule has 0 aliphatic carbocycles. The van der Waals surface area contributed by atoms with Gasteiger partial charge in [-0.3, -0.25) is 14.4 Å². The van der Waals surface area contributed by atoms with Crippen LogP contribution in [0.5, 0.6) is 0 Å². The Bertz CT molecular complexity index is 732. The first-order valence-corrected chi connectivity index (χ1v) is 9.81. The molecule has 2 aromatic rings. The second kappa shape index (κ2) is 12.2.